The number of nitrogens with zero attached hydrogens (tertiary/aromatic N) is 2. The Morgan fingerprint density at radius 1 is 1.53 bits per heavy atom. The molecule has 2 aromatic rings. The molecule has 0 spiro atoms. The van der Waals surface area contributed by atoms with Crippen molar-refractivity contribution in [1.29, 1.82) is 0 Å². The summed E-state index contributed by atoms with van der Waals surface area (Å²) in [5, 5.41) is 0. The maximum absolute atomic E-state index is 5.98. The van der Waals surface area contributed by atoms with E-state index in [1.165, 1.54) is 0 Å². The number of hydrogen-bond donors (Lipinski definition) is 1. The number of rotatable bonds is 4. The van der Waals surface area contributed by atoms with Crippen LogP contribution in [0, 0.1) is 5.92 Å². The van der Waals surface area contributed by atoms with E-state index < -0.39 is 0 Å². The van der Waals surface area contributed by atoms with Crippen LogP contribution >= 0.6 is 27.7 Å². The minimum Gasteiger partial charge on any atom is -0.369 e. The lowest BCUT2D eigenvalue weighted by Crippen LogP contribution is -2.12. The first-order valence-corrected chi connectivity index (χ1v) is 7.70. The van der Waals surface area contributed by atoms with Gasteiger partial charge in [-0.25, -0.2) is 4.98 Å². The predicted molar refractivity (Wildman–Crippen MR) is 79.4 cm³/mol. The van der Waals surface area contributed by atoms with Gasteiger partial charge < -0.3 is 10.3 Å². The number of benzene rings is 1. The summed E-state index contributed by atoms with van der Waals surface area (Å²) < 4.78 is 3.13. The van der Waals surface area contributed by atoms with E-state index >= 15 is 0 Å². The third-order valence-corrected chi connectivity index (χ3v) is 4.08. The zero-order chi connectivity index (χ0) is 12.4. The first-order chi connectivity index (χ1) is 8.11. The molecule has 17 heavy (non-hydrogen) atoms. The van der Waals surface area contributed by atoms with Crippen LogP contribution in [-0.4, -0.2) is 21.6 Å². The monoisotopic (exact) mass is 313 g/mol. The number of thioether (sulfide) groups is 1. The zero-order valence-electron chi connectivity index (χ0n) is 9.98. The average Bonchev–Trinajstić information content (AvgIpc) is 2.55. The molecule has 0 saturated carbocycles. The second-order valence-electron chi connectivity index (χ2n) is 4.27. The van der Waals surface area contributed by atoms with Crippen LogP contribution in [-0.2, 0) is 6.54 Å². The molecule has 0 fully saturated rings. The summed E-state index contributed by atoms with van der Waals surface area (Å²) >= 11 is 5.31. The first kappa shape index (κ1) is 12.8. The molecule has 0 aliphatic heterocycles. The second kappa shape index (κ2) is 5.31. The summed E-state index contributed by atoms with van der Waals surface area (Å²) in [6.07, 6.45) is 2.13. The van der Waals surface area contributed by atoms with Crippen molar-refractivity contribution < 1.29 is 0 Å². The number of nitrogens with two attached hydrogens (primary N) is 1. The van der Waals surface area contributed by atoms with Crippen LogP contribution < -0.4 is 5.73 Å². The molecule has 2 N–H and O–H groups in total. The molecule has 92 valence electrons. The highest BCUT2D eigenvalue weighted by Crippen LogP contribution is 2.23. The highest BCUT2D eigenvalue weighted by molar-refractivity contribution is 9.10. The molecule has 0 aliphatic rings. The molecule has 1 unspecified atom stereocenters. The third kappa shape index (κ3) is 2.77. The van der Waals surface area contributed by atoms with Gasteiger partial charge in [-0.3, -0.25) is 0 Å². The Morgan fingerprint density at radius 3 is 3.00 bits per heavy atom. The van der Waals surface area contributed by atoms with Gasteiger partial charge in [0.15, 0.2) is 0 Å². The van der Waals surface area contributed by atoms with Gasteiger partial charge in [-0.05, 0) is 36.1 Å². The summed E-state index contributed by atoms with van der Waals surface area (Å²) in [5.74, 6) is 2.33. The van der Waals surface area contributed by atoms with Crippen LogP contribution in [0.3, 0.4) is 0 Å². The summed E-state index contributed by atoms with van der Waals surface area (Å²) in [7, 11) is 0. The molecule has 1 atom stereocenters. The molecule has 0 bridgehead atoms. The third-order valence-electron chi connectivity index (χ3n) is 2.69. The molecule has 1 heterocycles. The smallest absolute Gasteiger partial charge is 0.201 e. The van der Waals surface area contributed by atoms with E-state index in [4.69, 9.17) is 5.73 Å². The maximum atomic E-state index is 5.98. The first-order valence-electron chi connectivity index (χ1n) is 5.52. The normalized spacial score (nSPS) is 13.1. The topological polar surface area (TPSA) is 43.8 Å². The van der Waals surface area contributed by atoms with E-state index in [0.717, 1.165) is 27.8 Å². The zero-order valence-corrected chi connectivity index (χ0v) is 12.4. The number of aromatic nitrogens is 2. The van der Waals surface area contributed by atoms with Crippen molar-refractivity contribution in [3.63, 3.8) is 0 Å². The minimum atomic E-state index is 0.591. The second-order valence-corrected chi connectivity index (χ2v) is 6.10. The molecular weight excluding hydrogens is 298 g/mol. The van der Waals surface area contributed by atoms with Crippen molar-refractivity contribution in [3.8, 4) is 0 Å². The lowest BCUT2D eigenvalue weighted by molar-refractivity contribution is 0.546. The van der Waals surface area contributed by atoms with Crippen LogP contribution in [0.4, 0.5) is 5.95 Å². The van der Waals surface area contributed by atoms with Crippen molar-refractivity contribution in [1.82, 2.24) is 9.55 Å². The van der Waals surface area contributed by atoms with Gasteiger partial charge >= 0.3 is 0 Å². The molecule has 2 rings (SSSR count). The average molecular weight is 314 g/mol. The van der Waals surface area contributed by atoms with E-state index in [1.54, 1.807) is 0 Å². The molecule has 0 saturated heterocycles. The van der Waals surface area contributed by atoms with Gasteiger partial charge in [0.2, 0.25) is 5.95 Å². The van der Waals surface area contributed by atoms with Crippen LogP contribution in [0.5, 0.6) is 0 Å². The Bertz CT molecular complexity index is 524. The van der Waals surface area contributed by atoms with Gasteiger partial charge in [0.25, 0.3) is 0 Å². The number of imidazole rings is 1. The fraction of sp³-hybridized carbons (Fsp3) is 0.417. The Kier molecular flexibility index (Phi) is 3.99. The number of nitrogen functional groups attached to an aromatic ring is 1. The summed E-state index contributed by atoms with van der Waals surface area (Å²) in [6, 6.07) is 6.09. The van der Waals surface area contributed by atoms with E-state index in [9.17, 15) is 0 Å². The molecule has 0 aliphatic carbocycles. The van der Waals surface area contributed by atoms with Crippen LogP contribution in [0.15, 0.2) is 22.7 Å². The lowest BCUT2D eigenvalue weighted by Gasteiger charge is -2.12. The standard InChI is InChI=1S/C12H16BrN3S/c1-8(7-17-2)6-16-11-4-3-9(13)5-10(11)15-12(16)14/h3-5,8H,6-7H2,1-2H3,(H2,14,15). The Hall–Kier alpha value is -0.680. The predicted octanol–water partition coefficient (Wildman–Crippen LogP) is 3.38. The lowest BCUT2D eigenvalue weighted by atomic mass is 10.2. The molecule has 3 nitrogen and oxygen atoms in total. The quantitative estimate of drug-likeness (QED) is 0.941. The van der Waals surface area contributed by atoms with Gasteiger partial charge in [0, 0.05) is 11.0 Å². The van der Waals surface area contributed by atoms with Crippen molar-refractivity contribution in [2.75, 3.05) is 17.7 Å². The summed E-state index contributed by atoms with van der Waals surface area (Å²) in [5.41, 5.74) is 8.04. The Morgan fingerprint density at radius 2 is 2.29 bits per heavy atom. The molecule has 1 aromatic carbocycles. The molecular formula is C12H16BrN3S. The maximum Gasteiger partial charge on any atom is 0.201 e. The van der Waals surface area contributed by atoms with Gasteiger partial charge in [-0.1, -0.05) is 22.9 Å². The molecule has 5 heteroatoms. The van der Waals surface area contributed by atoms with Crippen LogP contribution in [0.1, 0.15) is 6.92 Å². The highest BCUT2D eigenvalue weighted by atomic mass is 79.9. The van der Waals surface area contributed by atoms with Gasteiger partial charge in [0.1, 0.15) is 0 Å². The largest absolute Gasteiger partial charge is 0.369 e. The van der Waals surface area contributed by atoms with Crippen molar-refractivity contribution in [2.45, 2.75) is 13.5 Å². The van der Waals surface area contributed by atoms with Crippen LogP contribution in [0.2, 0.25) is 0 Å². The van der Waals surface area contributed by atoms with E-state index in [2.05, 4.69) is 44.7 Å². The Balaban J connectivity index is 2.36. The molecule has 0 radical (unpaired) electrons. The summed E-state index contributed by atoms with van der Waals surface area (Å²) in [6.45, 7) is 3.16. The number of hydrogen-bond acceptors (Lipinski definition) is 3. The summed E-state index contributed by atoms with van der Waals surface area (Å²) in [4.78, 5) is 4.39. The SMILES string of the molecule is CSCC(C)Cn1c(N)nc2cc(Br)ccc21. The van der Waals surface area contributed by atoms with Crippen molar-refractivity contribution >= 4 is 44.7 Å². The van der Waals surface area contributed by atoms with E-state index in [1.807, 2.05) is 23.9 Å². The number of fused-ring (bicyclic) bond motifs is 1. The van der Waals surface area contributed by atoms with Crippen molar-refractivity contribution in [2.24, 2.45) is 5.92 Å². The minimum absolute atomic E-state index is 0.591. The van der Waals surface area contributed by atoms with Gasteiger partial charge in [0.05, 0.1) is 11.0 Å². The highest BCUT2D eigenvalue weighted by Gasteiger charge is 2.11. The number of halogens is 1. The molecule has 0 amide bonds. The Labute approximate surface area is 114 Å². The fourth-order valence-electron chi connectivity index (χ4n) is 1.96. The van der Waals surface area contributed by atoms with Crippen molar-refractivity contribution in [3.05, 3.63) is 22.7 Å². The van der Waals surface area contributed by atoms with Gasteiger partial charge in [-0.15, -0.1) is 0 Å². The fourth-order valence-corrected chi connectivity index (χ4v) is 2.99. The van der Waals surface area contributed by atoms with E-state index in [-0.39, 0.29) is 0 Å². The number of anilines is 1. The van der Waals surface area contributed by atoms with E-state index in [0.29, 0.717) is 11.9 Å². The van der Waals surface area contributed by atoms with Crippen LogP contribution in [0.25, 0.3) is 11.0 Å². The van der Waals surface area contributed by atoms with Gasteiger partial charge in [-0.2, -0.15) is 11.8 Å². The molecule has 1 aromatic heterocycles.